The highest BCUT2D eigenvalue weighted by atomic mass is 16.4. The monoisotopic (exact) mass is 285 g/mol. The number of imide groups is 1. The van der Waals surface area contributed by atoms with Crippen LogP contribution in [0.3, 0.4) is 0 Å². The van der Waals surface area contributed by atoms with Crippen LogP contribution < -0.4 is 11.1 Å². The maximum atomic E-state index is 11.8. The number of nitrogens with one attached hydrogen (secondary N) is 1. The van der Waals surface area contributed by atoms with Gasteiger partial charge < -0.3 is 10.8 Å². The normalized spacial score (nSPS) is 22.8. The lowest BCUT2D eigenvalue weighted by molar-refractivity contribution is -0.138. The Labute approximate surface area is 118 Å². The zero-order valence-corrected chi connectivity index (χ0v) is 12.0. The number of nitrogens with two attached hydrogens (primary N) is 1. The molecule has 7 nitrogen and oxygen atoms in total. The Morgan fingerprint density at radius 2 is 2.05 bits per heavy atom. The number of likely N-dealkylation sites (tertiary alicyclic amines) is 1. The number of carbonyl (C=O) groups excluding carboxylic acids is 2. The lowest BCUT2D eigenvalue weighted by atomic mass is 9.84. The number of rotatable bonds is 5. The second-order valence-corrected chi connectivity index (χ2v) is 5.50. The molecule has 1 aliphatic rings. The minimum atomic E-state index is -0.852. The van der Waals surface area contributed by atoms with E-state index in [4.69, 9.17) is 10.8 Å². The van der Waals surface area contributed by atoms with Crippen LogP contribution in [0.4, 0.5) is 4.79 Å². The predicted molar refractivity (Wildman–Crippen MR) is 72.9 cm³/mol. The van der Waals surface area contributed by atoms with E-state index in [1.54, 1.807) is 6.92 Å². The third-order valence-corrected chi connectivity index (χ3v) is 3.96. The van der Waals surface area contributed by atoms with Gasteiger partial charge in [0.05, 0.1) is 6.04 Å². The fourth-order valence-corrected chi connectivity index (χ4v) is 2.69. The number of aliphatic carboxylic acids is 1. The number of amides is 3. The molecule has 7 heteroatoms. The van der Waals surface area contributed by atoms with E-state index < -0.39 is 23.9 Å². The summed E-state index contributed by atoms with van der Waals surface area (Å²) in [6.07, 6.45) is 2.03. The number of primary amides is 1. The standard InChI is InChI=1S/C13H23N3O4/c1-8(6-11(17)18)10-4-3-5-16(7-10)9(2)12(19)15-13(14)20/h8-10H,3-7H2,1-2H3,(H,17,18)(H3,14,15,19,20). The van der Waals surface area contributed by atoms with Crippen molar-refractivity contribution < 1.29 is 19.5 Å². The molecule has 1 saturated heterocycles. The average Bonchev–Trinajstić information content (AvgIpc) is 2.36. The van der Waals surface area contributed by atoms with E-state index in [-0.39, 0.29) is 18.3 Å². The van der Waals surface area contributed by atoms with Crippen molar-refractivity contribution in [2.24, 2.45) is 17.6 Å². The maximum Gasteiger partial charge on any atom is 0.318 e. The average molecular weight is 285 g/mol. The van der Waals surface area contributed by atoms with E-state index in [1.807, 2.05) is 11.8 Å². The summed E-state index contributed by atoms with van der Waals surface area (Å²) in [6, 6.07) is -1.29. The van der Waals surface area contributed by atoms with E-state index in [1.165, 1.54) is 0 Å². The van der Waals surface area contributed by atoms with Crippen molar-refractivity contribution in [1.29, 1.82) is 0 Å². The summed E-state index contributed by atoms with van der Waals surface area (Å²) in [5.41, 5.74) is 4.94. The third kappa shape index (κ3) is 4.80. The molecule has 0 aromatic heterocycles. The van der Waals surface area contributed by atoms with Gasteiger partial charge in [0, 0.05) is 13.0 Å². The Balaban J connectivity index is 2.57. The molecular formula is C13H23N3O4. The van der Waals surface area contributed by atoms with E-state index in [9.17, 15) is 14.4 Å². The first-order chi connectivity index (χ1) is 9.31. The summed E-state index contributed by atoms with van der Waals surface area (Å²) in [4.78, 5) is 35.2. The van der Waals surface area contributed by atoms with Crippen LogP contribution in [0.5, 0.6) is 0 Å². The lowest BCUT2D eigenvalue weighted by Gasteiger charge is -2.38. The minimum absolute atomic E-state index is 0.0710. The van der Waals surface area contributed by atoms with Crippen molar-refractivity contribution in [3.8, 4) is 0 Å². The second kappa shape index (κ2) is 7.23. The smallest absolute Gasteiger partial charge is 0.318 e. The van der Waals surface area contributed by atoms with Gasteiger partial charge in [0.1, 0.15) is 0 Å². The molecule has 1 aliphatic heterocycles. The number of nitrogens with zero attached hydrogens (tertiary/aromatic N) is 1. The van der Waals surface area contributed by atoms with Crippen LogP contribution >= 0.6 is 0 Å². The molecule has 0 bridgehead atoms. The molecule has 0 aromatic rings. The fraction of sp³-hybridized carbons (Fsp3) is 0.769. The summed E-state index contributed by atoms with van der Waals surface area (Å²) in [5.74, 6) is -0.886. The number of carboxylic acid groups (broad SMARTS) is 1. The molecule has 0 saturated carbocycles. The quantitative estimate of drug-likeness (QED) is 0.676. The minimum Gasteiger partial charge on any atom is -0.481 e. The van der Waals surface area contributed by atoms with E-state index in [2.05, 4.69) is 5.32 Å². The van der Waals surface area contributed by atoms with Gasteiger partial charge in [-0.1, -0.05) is 6.92 Å². The highest BCUT2D eigenvalue weighted by Crippen LogP contribution is 2.27. The van der Waals surface area contributed by atoms with Gasteiger partial charge in [-0.3, -0.25) is 19.8 Å². The molecule has 20 heavy (non-hydrogen) atoms. The summed E-state index contributed by atoms with van der Waals surface area (Å²) >= 11 is 0. The second-order valence-electron chi connectivity index (χ2n) is 5.50. The van der Waals surface area contributed by atoms with Crippen molar-refractivity contribution in [1.82, 2.24) is 10.2 Å². The Morgan fingerprint density at radius 3 is 2.60 bits per heavy atom. The Hall–Kier alpha value is -1.63. The van der Waals surface area contributed by atoms with Crippen LogP contribution in [0.15, 0.2) is 0 Å². The number of piperidine rings is 1. The molecule has 3 atom stereocenters. The molecule has 0 aromatic carbocycles. The first kappa shape index (κ1) is 16.4. The summed E-state index contributed by atoms with van der Waals surface area (Å²) < 4.78 is 0. The fourth-order valence-electron chi connectivity index (χ4n) is 2.69. The van der Waals surface area contributed by atoms with Gasteiger partial charge in [-0.25, -0.2) is 4.79 Å². The first-order valence-electron chi connectivity index (χ1n) is 6.87. The van der Waals surface area contributed by atoms with Gasteiger partial charge >= 0.3 is 12.0 Å². The first-order valence-corrected chi connectivity index (χ1v) is 6.87. The van der Waals surface area contributed by atoms with E-state index in [0.29, 0.717) is 6.54 Å². The molecule has 0 aliphatic carbocycles. The lowest BCUT2D eigenvalue weighted by Crippen LogP contribution is -2.51. The van der Waals surface area contributed by atoms with Crippen LogP contribution in [-0.4, -0.2) is 47.0 Å². The summed E-state index contributed by atoms with van der Waals surface area (Å²) in [7, 11) is 0. The van der Waals surface area contributed by atoms with Crippen molar-refractivity contribution in [3.05, 3.63) is 0 Å². The van der Waals surface area contributed by atoms with E-state index >= 15 is 0 Å². The SMILES string of the molecule is CC(CC(=O)O)C1CCCN(C(C)C(=O)NC(N)=O)C1. The molecule has 114 valence electrons. The summed E-state index contributed by atoms with van der Waals surface area (Å²) in [6.45, 7) is 5.09. The molecular weight excluding hydrogens is 262 g/mol. The van der Waals surface area contributed by atoms with Crippen LogP contribution in [0, 0.1) is 11.8 Å². The number of urea groups is 1. The van der Waals surface area contributed by atoms with Crippen molar-refractivity contribution in [3.63, 3.8) is 0 Å². The number of hydrogen-bond donors (Lipinski definition) is 3. The van der Waals surface area contributed by atoms with Gasteiger partial charge in [-0.2, -0.15) is 0 Å². The molecule has 1 heterocycles. The van der Waals surface area contributed by atoms with Crippen molar-refractivity contribution >= 4 is 17.9 Å². The number of carbonyl (C=O) groups is 3. The molecule has 1 rings (SSSR count). The number of carboxylic acids is 1. The van der Waals surface area contributed by atoms with Crippen molar-refractivity contribution in [2.75, 3.05) is 13.1 Å². The molecule has 3 unspecified atom stereocenters. The van der Waals surface area contributed by atoms with E-state index in [0.717, 1.165) is 19.4 Å². The van der Waals surface area contributed by atoms with Crippen LogP contribution in [0.2, 0.25) is 0 Å². The van der Waals surface area contributed by atoms with Crippen LogP contribution in [0.25, 0.3) is 0 Å². The van der Waals surface area contributed by atoms with Gasteiger partial charge in [-0.15, -0.1) is 0 Å². The predicted octanol–water partition coefficient (Wildman–Crippen LogP) is 0.393. The Bertz CT molecular complexity index is 386. The summed E-state index contributed by atoms with van der Waals surface area (Å²) in [5, 5.41) is 10.9. The van der Waals surface area contributed by atoms with Gasteiger partial charge in [-0.05, 0) is 38.1 Å². The highest BCUT2D eigenvalue weighted by molar-refractivity contribution is 5.96. The molecule has 1 fully saturated rings. The Kier molecular flexibility index (Phi) is 5.94. The molecule has 0 radical (unpaired) electrons. The van der Waals surface area contributed by atoms with Gasteiger partial charge in [0.15, 0.2) is 0 Å². The third-order valence-electron chi connectivity index (χ3n) is 3.96. The van der Waals surface area contributed by atoms with Crippen LogP contribution in [0.1, 0.15) is 33.1 Å². The molecule has 4 N–H and O–H groups in total. The molecule has 3 amide bonds. The largest absolute Gasteiger partial charge is 0.481 e. The van der Waals surface area contributed by atoms with Gasteiger partial charge in [0.2, 0.25) is 5.91 Å². The van der Waals surface area contributed by atoms with Gasteiger partial charge in [0.25, 0.3) is 0 Å². The zero-order valence-electron chi connectivity index (χ0n) is 12.0. The van der Waals surface area contributed by atoms with Crippen LogP contribution in [-0.2, 0) is 9.59 Å². The Morgan fingerprint density at radius 1 is 1.40 bits per heavy atom. The maximum absolute atomic E-state index is 11.8. The molecule has 0 spiro atoms. The topological polar surface area (TPSA) is 113 Å². The van der Waals surface area contributed by atoms with Crippen molar-refractivity contribution in [2.45, 2.75) is 39.2 Å². The zero-order chi connectivity index (χ0) is 15.3. The number of hydrogen-bond acceptors (Lipinski definition) is 4. The highest BCUT2D eigenvalue weighted by Gasteiger charge is 2.30.